The molecule has 2 N–H and O–H groups in total. The van der Waals surface area contributed by atoms with Crippen LogP contribution in [0.5, 0.6) is 0 Å². The number of sulfonamides is 1. The van der Waals surface area contributed by atoms with Gasteiger partial charge in [-0.3, -0.25) is 4.90 Å². The SMILES string of the molecule is NS(=O)(=O)c1ccc(CC=CCN2CCCCC2)cc1. The number of piperidine rings is 1. The largest absolute Gasteiger partial charge is 0.300 e. The van der Waals surface area contributed by atoms with Crippen molar-refractivity contribution in [2.75, 3.05) is 19.6 Å². The summed E-state index contributed by atoms with van der Waals surface area (Å²) in [6.07, 6.45) is 9.13. The Morgan fingerprint density at radius 1 is 1.05 bits per heavy atom. The molecule has 0 radical (unpaired) electrons. The molecule has 1 aliphatic heterocycles. The molecule has 0 aromatic heterocycles. The van der Waals surface area contributed by atoms with Gasteiger partial charge in [-0.1, -0.05) is 30.7 Å². The predicted molar refractivity (Wildman–Crippen MR) is 81.0 cm³/mol. The smallest absolute Gasteiger partial charge is 0.238 e. The van der Waals surface area contributed by atoms with Crippen LogP contribution in [0.3, 0.4) is 0 Å². The quantitative estimate of drug-likeness (QED) is 0.844. The summed E-state index contributed by atoms with van der Waals surface area (Å²) in [4.78, 5) is 2.63. The molecule has 1 saturated heterocycles. The number of primary sulfonamides is 1. The summed E-state index contributed by atoms with van der Waals surface area (Å²) in [5, 5.41) is 5.06. The van der Waals surface area contributed by atoms with E-state index in [9.17, 15) is 8.42 Å². The molecule has 0 atom stereocenters. The van der Waals surface area contributed by atoms with Crippen LogP contribution in [0, 0.1) is 0 Å². The first-order chi connectivity index (χ1) is 9.55. The van der Waals surface area contributed by atoms with E-state index >= 15 is 0 Å². The standard InChI is InChI=1S/C15H22N2O2S/c16-20(18,19)15-9-7-14(8-10-15)6-2-5-13-17-11-3-1-4-12-17/h2,5,7-10H,1,3-4,6,11-13H2,(H2,16,18,19). The molecular formula is C15H22N2O2S. The van der Waals surface area contributed by atoms with Crippen molar-refractivity contribution in [2.45, 2.75) is 30.6 Å². The molecule has 0 unspecified atom stereocenters. The normalized spacial score (nSPS) is 17.6. The van der Waals surface area contributed by atoms with E-state index in [-0.39, 0.29) is 4.90 Å². The van der Waals surface area contributed by atoms with E-state index in [1.165, 1.54) is 32.4 Å². The molecule has 0 spiro atoms. The van der Waals surface area contributed by atoms with Crippen LogP contribution in [0.4, 0.5) is 0 Å². The van der Waals surface area contributed by atoms with Crippen molar-refractivity contribution < 1.29 is 8.42 Å². The Bertz CT molecular complexity index is 544. The highest BCUT2D eigenvalue weighted by molar-refractivity contribution is 7.89. The lowest BCUT2D eigenvalue weighted by molar-refractivity contribution is 0.251. The third-order valence-corrected chi connectivity index (χ3v) is 4.51. The zero-order valence-electron chi connectivity index (χ0n) is 11.7. The van der Waals surface area contributed by atoms with Crippen molar-refractivity contribution in [3.05, 3.63) is 42.0 Å². The van der Waals surface area contributed by atoms with Crippen molar-refractivity contribution in [3.8, 4) is 0 Å². The van der Waals surface area contributed by atoms with Gasteiger partial charge in [0.1, 0.15) is 0 Å². The van der Waals surface area contributed by atoms with Gasteiger partial charge in [0.25, 0.3) is 0 Å². The second-order valence-corrected chi connectivity index (χ2v) is 6.79. The highest BCUT2D eigenvalue weighted by atomic mass is 32.2. The fourth-order valence-corrected chi connectivity index (χ4v) is 2.92. The summed E-state index contributed by atoms with van der Waals surface area (Å²) < 4.78 is 22.3. The highest BCUT2D eigenvalue weighted by Crippen LogP contribution is 2.10. The van der Waals surface area contributed by atoms with E-state index in [1.54, 1.807) is 12.1 Å². The molecule has 1 heterocycles. The molecule has 0 bridgehead atoms. The van der Waals surface area contributed by atoms with Gasteiger partial charge in [-0.15, -0.1) is 0 Å². The van der Waals surface area contributed by atoms with E-state index in [2.05, 4.69) is 17.1 Å². The van der Waals surface area contributed by atoms with Crippen LogP contribution in [0.2, 0.25) is 0 Å². The first-order valence-corrected chi connectivity index (χ1v) is 8.59. The van der Waals surface area contributed by atoms with Gasteiger partial charge in [-0.2, -0.15) is 0 Å². The molecule has 0 aliphatic carbocycles. The lowest BCUT2D eigenvalue weighted by Gasteiger charge is -2.24. The number of benzene rings is 1. The van der Waals surface area contributed by atoms with Gasteiger partial charge in [0, 0.05) is 6.54 Å². The predicted octanol–water partition coefficient (Wildman–Crippen LogP) is 1.92. The first-order valence-electron chi connectivity index (χ1n) is 7.05. The molecule has 20 heavy (non-hydrogen) atoms. The Labute approximate surface area is 121 Å². The Hall–Kier alpha value is -1.17. The van der Waals surface area contributed by atoms with Crippen molar-refractivity contribution in [3.63, 3.8) is 0 Å². The van der Waals surface area contributed by atoms with Crippen molar-refractivity contribution >= 4 is 10.0 Å². The fourth-order valence-electron chi connectivity index (χ4n) is 2.40. The number of likely N-dealkylation sites (tertiary alicyclic amines) is 1. The topological polar surface area (TPSA) is 63.4 Å². The third kappa shape index (κ3) is 4.74. The number of allylic oxidation sites excluding steroid dienone is 1. The van der Waals surface area contributed by atoms with E-state index in [0.29, 0.717) is 0 Å². The molecule has 2 rings (SSSR count). The van der Waals surface area contributed by atoms with Crippen molar-refractivity contribution in [1.82, 2.24) is 4.90 Å². The Balaban J connectivity index is 1.81. The van der Waals surface area contributed by atoms with Crippen LogP contribution >= 0.6 is 0 Å². The summed E-state index contributed by atoms with van der Waals surface area (Å²) in [6, 6.07) is 6.74. The second-order valence-electron chi connectivity index (χ2n) is 5.23. The summed E-state index contributed by atoms with van der Waals surface area (Å²) in [5.41, 5.74) is 1.09. The van der Waals surface area contributed by atoms with Crippen LogP contribution in [0.25, 0.3) is 0 Å². The molecule has 1 aliphatic rings. The summed E-state index contributed by atoms with van der Waals surface area (Å²) in [6.45, 7) is 3.41. The van der Waals surface area contributed by atoms with Gasteiger partial charge in [0.05, 0.1) is 4.90 Å². The minimum absolute atomic E-state index is 0.165. The maximum Gasteiger partial charge on any atom is 0.238 e. The average Bonchev–Trinajstić information content (AvgIpc) is 2.44. The lowest BCUT2D eigenvalue weighted by atomic mass is 10.1. The maximum absolute atomic E-state index is 11.1. The minimum Gasteiger partial charge on any atom is -0.300 e. The molecule has 0 saturated carbocycles. The molecule has 4 nitrogen and oxygen atoms in total. The van der Waals surface area contributed by atoms with E-state index in [0.717, 1.165) is 18.5 Å². The van der Waals surface area contributed by atoms with Gasteiger partial charge in [-0.25, -0.2) is 13.6 Å². The molecule has 1 aromatic rings. The number of nitrogens with two attached hydrogens (primary N) is 1. The molecule has 1 fully saturated rings. The van der Waals surface area contributed by atoms with Gasteiger partial charge in [0.2, 0.25) is 10.0 Å². The Morgan fingerprint density at radius 3 is 2.30 bits per heavy atom. The van der Waals surface area contributed by atoms with Crippen LogP contribution in [-0.4, -0.2) is 33.0 Å². The van der Waals surface area contributed by atoms with E-state index < -0.39 is 10.0 Å². The average molecular weight is 294 g/mol. The maximum atomic E-state index is 11.1. The molecular weight excluding hydrogens is 272 g/mol. The number of hydrogen-bond donors (Lipinski definition) is 1. The Morgan fingerprint density at radius 2 is 1.70 bits per heavy atom. The summed E-state index contributed by atoms with van der Waals surface area (Å²) in [5.74, 6) is 0. The second kappa shape index (κ2) is 7.02. The molecule has 110 valence electrons. The van der Waals surface area contributed by atoms with Crippen molar-refractivity contribution in [1.29, 1.82) is 0 Å². The Kier molecular flexibility index (Phi) is 5.34. The lowest BCUT2D eigenvalue weighted by Crippen LogP contribution is -2.29. The van der Waals surface area contributed by atoms with Crippen LogP contribution in [0.1, 0.15) is 24.8 Å². The van der Waals surface area contributed by atoms with Crippen LogP contribution in [0.15, 0.2) is 41.3 Å². The van der Waals surface area contributed by atoms with E-state index in [1.807, 2.05) is 12.1 Å². The van der Waals surface area contributed by atoms with Crippen molar-refractivity contribution in [2.24, 2.45) is 5.14 Å². The van der Waals surface area contributed by atoms with Crippen LogP contribution in [-0.2, 0) is 16.4 Å². The monoisotopic (exact) mass is 294 g/mol. The minimum atomic E-state index is -3.58. The van der Waals surface area contributed by atoms with Gasteiger partial charge in [-0.05, 0) is 50.0 Å². The number of nitrogens with zero attached hydrogens (tertiary/aromatic N) is 1. The molecule has 1 aromatic carbocycles. The highest BCUT2D eigenvalue weighted by Gasteiger charge is 2.07. The van der Waals surface area contributed by atoms with Gasteiger partial charge >= 0.3 is 0 Å². The zero-order chi connectivity index (χ0) is 14.4. The van der Waals surface area contributed by atoms with Crippen LogP contribution < -0.4 is 5.14 Å². The number of rotatable bonds is 5. The molecule has 5 heteroatoms. The first kappa shape index (κ1) is 15.2. The van der Waals surface area contributed by atoms with E-state index in [4.69, 9.17) is 5.14 Å². The summed E-state index contributed by atoms with van der Waals surface area (Å²) >= 11 is 0. The third-order valence-electron chi connectivity index (χ3n) is 3.58. The summed E-state index contributed by atoms with van der Waals surface area (Å²) in [7, 11) is -3.58. The number of hydrogen-bond acceptors (Lipinski definition) is 3. The fraction of sp³-hybridized carbons (Fsp3) is 0.467. The van der Waals surface area contributed by atoms with Gasteiger partial charge < -0.3 is 0 Å². The van der Waals surface area contributed by atoms with Gasteiger partial charge in [0.15, 0.2) is 0 Å². The molecule has 0 amide bonds. The zero-order valence-corrected chi connectivity index (χ0v) is 12.5.